The number of nitrogens with one attached hydrogen (secondary N) is 1. The first-order valence-corrected chi connectivity index (χ1v) is 8.25. The summed E-state index contributed by atoms with van der Waals surface area (Å²) in [5, 5.41) is 1.29. The summed E-state index contributed by atoms with van der Waals surface area (Å²) in [5.74, 6) is 0. The van der Waals surface area contributed by atoms with Crippen LogP contribution in [0.5, 0.6) is 0 Å². The van der Waals surface area contributed by atoms with E-state index in [1.165, 1.54) is 11.5 Å². The zero-order chi connectivity index (χ0) is 15.8. The topological polar surface area (TPSA) is 45.8 Å². The highest BCUT2D eigenvalue weighted by atomic mass is 35.5. The molecule has 0 fully saturated rings. The summed E-state index contributed by atoms with van der Waals surface area (Å²) in [6.07, 6.45) is 0. The quantitative estimate of drug-likeness (QED) is 0.560. The fourth-order valence-corrected chi connectivity index (χ4v) is 3.44. The molecule has 5 heteroatoms. The molecule has 4 aromatic rings. The molecule has 2 aromatic carbocycles. The Labute approximate surface area is 141 Å². The summed E-state index contributed by atoms with van der Waals surface area (Å²) in [5.41, 5.74) is 3.57. The maximum Gasteiger partial charge on any atom is 0.268 e. The van der Waals surface area contributed by atoms with Gasteiger partial charge in [0.25, 0.3) is 5.56 Å². The van der Waals surface area contributed by atoms with Gasteiger partial charge < -0.3 is 0 Å². The number of rotatable bonds is 2. The van der Waals surface area contributed by atoms with Gasteiger partial charge >= 0.3 is 0 Å². The molecule has 4 rings (SSSR count). The molecule has 2 aromatic heterocycles. The Morgan fingerprint density at radius 1 is 0.957 bits per heavy atom. The third kappa shape index (κ3) is 2.56. The third-order valence-corrected chi connectivity index (χ3v) is 4.71. The molecular formula is C18H11ClN2OS. The molecule has 0 aliphatic heterocycles. The minimum Gasteiger partial charge on any atom is -0.275 e. The van der Waals surface area contributed by atoms with Gasteiger partial charge in [0.2, 0.25) is 0 Å². The van der Waals surface area contributed by atoms with Crippen LogP contribution < -0.4 is 5.56 Å². The largest absolute Gasteiger partial charge is 0.275 e. The second-order valence-corrected chi connectivity index (χ2v) is 6.37. The van der Waals surface area contributed by atoms with E-state index in [-0.39, 0.29) is 5.56 Å². The SMILES string of the molecule is O=c1[nH]sc2nc(-c3ccccc3)cc(-c3ccc(Cl)cc3)c12. The van der Waals surface area contributed by atoms with Crippen molar-refractivity contribution in [1.29, 1.82) is 0 Å². The molecule has 0 radical (unpaired) electrons. The third-order valence-electron chi connectivity index (χ3n) is 3.68. The molecule has 112 valence electrons. The van der Waals surface area contributed by atoms with Gasteiger partial charge in [-0.1, -0.05) is 54.1 Å². The van der Waals surface area contributed by atoms with Crippen LogP contribution in [-0.2, 0) is 0 Å². The predicted octanol–water partition coefficient (Wildman–Crippen LogP) is 4.97. The smallest absolute Gasteiger partial charge is 0.268 e. The van der Waals surface area contributed by atoms with E-state index in [4.69, 9.17) is 11.6 Å². The van der Waals surface area contributed by atoms with Crippen molar-refractivity contribution in [3.63, 3.8) is 0 Å². The normalized spacial score (nSPS) is 11.0. The van der Waals surface area contributed by atoms with E-state index in [1.54, 1.807) is 0 Å². The van der Waals surface area contributed by atoms with Crippen LogP contribution in [-0.4, -0.2) is 9.36 Å². The second-order valence-electron chi connectivity index (χ2n) is 5.14. The average Bonchev–Trinajstić information content (AvgIpc) is 2.97. The molecule has 0 saturated carbocycles. The Bertz CT molecular complexity index is 1040. The molecule has 0 aliphatic rings. The lowest BCUT2D eigenvalue weighted by atomic mass is 10.0. The number of hydrogen-bond acceptors (Lipinski definition) is 3. The van der Waals surface area contributed by atoms with Crippen molar-refractivity contribution in [3.8, 4) is 22.4 Å². The van der Waals surface area contributed by atoms with Crippen LogP contribution in [0, 0.1) is 0 Å². The zero-order valence-corrected chi connectivity index (χ0v) is 13.5. The molecule has 1 N–H and O–H groups in total. The minimum absolute atomic E-state index is 0.109. The Morgan fingerprint density at radius 3 is 2.43 bits per heavy atom. The number of fused-ring (bicyclic) bond motifs is 1. The van der Waals surface area contributed by atoms with Crippen molar-refractivity contribution < 1.29 is 0 Å². The van der Waals surface area contributed by atoms with Gasteiger partial charge in [-0.15, -0.1) is 0 Å². The van der Waals surface area contributed by atoms with Crippen LogP contribution in [0.3, 0.4) is 0 Å². The summed E-state index contributed by atoms with van der Waals surface area (Å²) in [6, 6.07) is 19.4. The number of nitrogens with zero attached hydrogens (tertiary/aromatic N) is 1. The number of aromatic amines is 1. The molecular weight excluding hydrogens is 328 g/mol. The molecule has 2 heterocycles. The molecule has 23 heavy (non-hydrogen) atoms. The van der Waals surface area contributed by atoms with Gasteiger partial charge in [0.15, 0.2) is 0 Å². The first kappa shape index (κ1) is 14.2. The van der Waals surface area contributed by atoms with Crippen LogP contribution in [0.15, 0.2) is 65.5 Å². The summed E-state index contributed by atoms with van der Waals surface area (Å²) in [6.45, 7) is 0. The molecule has 0 spiro atoms. The first-order chi connectivity index (χ1) is 11.2. The molecule has 0 saturated heterocycles. The Kier molecular flexibility index (Phi) is 3.48. The van der Waals surface area contributed by atoms with E-state index >= 15 is 0 Å². The van der Waals surface area contributed by atoms with E-state index < -0.39 is 0 Å². The number of hydrogen-bond donors (Lipinski definition) is 1. The van der Waals surface area contributed by atoms with E-state index in [0.717, 1.165) is 22.4 Å². The molecule has 0 bridgehead atoms. The molecule has 0 aliphatic carbocycles. The number of aromatic nitrogens is 2. The van der Waals surface area contributed by atoms with Crippen LogP contribution in [0.1, 0.15) is 0 Å². The van der Waals surface area contributed by atoms with Crippen molar-refractivity contribution in [2.75, 3.05) is 0 Å². The Morgan fingerprint density at radius 2 is 1.70 bits per heavy atom. The van der Waals surface area contributed by atoms with E-state index in [0.29, 0.717) is 15.2 Å². The monoisotopic (exact) mass is 338 g/mol. The first-order valence-electron chi connectivity index (χ1n) is 7.06. The fraction of sp³-hybridized carbons (Fsp3) is 0. The van der Waals surface area contributed by atoms with Gasteiger partial charge in [0.05, 0.1) is 11.1 Å². The summed E-state index contributed by atoms with van der Waals surface area (Å²) >= 11 is 7.24. The lowest BCUT2D eigenvalue weighted by molar-refractivity contribution is 1.41. The lowest BCUT2D eigenvalue weighted by Crippen LogP contribution is -1.99. The number of H-pyrrole nitrogens is 1. The van der Waals surface area contributed by atoms with Crippen molar-refractivity contribution in [2.45, 2.75) is 0 Å². The van der Waals surface area contributed by atoms with Gasteiger partial charge in [0.1, 0.15) is 4.83 Å². The minimum atomic E-state index is -0.109. The highest BCUT2D eigenvalue weighted by Gasteiger charge is 2.14. The zero-order valence-electron chi connectivity index (χ0n) is 11.9. The average molecular weight is 339 g/mol. The van der Waals surface area contributed by atoms with Crippen molar-refractivity contribution in [2.24, 2.45) is 0 Å². The number of benzene rings is 2. The van der Waals surface area contributed by atoms with E-state index in [1.807, 2.05) is 60.7 Å². The molecule has 3 nitrogen and oxygen atoms in total. The fourth-order valence-electron chi connectivity index (χ4n) is 2.57. The molecule has 0 unspecified atom stereocenters. The molecule has 0 amide bonds. The van der Waals surface area contributed by atoms with Gasteiger partial charge in [-0.05, 0) is 40.9 Å². The van der Waals surface area contributed by atoms with Crippen LogP contribution in [0.25, 0.3) is 32.6 Å². The van der Waals surface area contributed by atoms with Gasteiger partial charge in [-0.3, -0.25) is 9.17 Å². The van der Waals surface area contributed by atoms with Gasteiger partial charge in [0, 0.05) is 10.6 Å². The van der Waals surface area contributed by atoms with Crippen molar-refractivity contribution in [1.82, 2.24) is 9.36 Å². The highest BCUT2D eigenvalue weighted by Crippen LogP contribution is 2.32. The second kappa shape index (κ2) is 5.65. The van der Waals surface area contributed by atoms with Crippen molar-refractivity contribution >= 4 is 33.4 Å². The highest BCUT2D eigenvalue weighted by molar-refractivity contribution is 7.12. The molecule has 0 atom stereocenters. The maximum absolute atomic E-state index is 12.2. The lowest BCUT2D eigenvalue weighted by Gasteiger charge is -2.07. The van der Waals surface area contributed by atoms with E-state index in [9.17, 15) is 4.79 Å². The number of halogens is 1. The summed E-state index contributed by atoms with van der Waals surface area (Å²) < 4.78 is 2.77. The Hall–Kier alpha value is -2.43. The van der Waals surface area contributed by atoms with Crippen LogP contribution in [0.2, 0.25) is 5.02 Å². The standard InChI is InChI=1S/C18H11ClN2OS/c19-13-8-6-11(7-9-13)14-10-15(12-4-2-1-3-5-12)20-18-16(14)17(22)21-23-18/h1-10H,(H,21,22). The number of pyridine rings is 1. The maximum atomic E-state index is 12.2. The predicted molar refractivity (Wildman–Crippen MR) is 96.1 cm³/mol. The van der Waals surface area contributed by atoms with Crippen LogP contribution >= 0.6 is 23.1 Å². The van der Waals surface area contributed by atoms with E-state index in [2.05, 4.69) is 9.36 Å². The van der Waals surface area contributed by atoms with Crippen molar-refractivity contribution in [3.05, 3.63) is 76.0 Å². The summed E-state index contributed by atoms with van der Waals surface area (Å²) in [7, 11) is 0. The van der Waals surface area contributed by atoms with Crippen LogP contribution in [0.4, 0.5) is 0 Å². The van der Waals surface area contributed by atoms with Gasteiger partial charge in [-0.2, -0.15) is 0 Å². The Balaban J connectivity index is 2.03. The van der Waals surface area contributed by atoms with Gasteiger partial charge in [-0.25, -0.2) is 4.98 Å². The summed E-state index contributed by atoms with van der Waals surface area (Å²) in [4.78, 5) is 17.5.